The SMILES string of the molecule is C=C/C=C(\C=C)Oc1ccc(-c2c(N)ncnc2NCC2CCN(CC/C=C(/C#N)C=O)CC2)cc1.CN(C)C. The van der Waals surface area contributed by atoms with E-state index in [9.17, 15) is 4.79 Å². The minimum Gasteiger partial charge on any atom is -0.457 e. The number of hydrogen-bond donors (Lipinski definition) is 2. The number of nitrogen functional groups attached to an aromatic ring is 1. The van der Waals surface area contributed by atoms with Gasteiger partial charge in [0.25, 0.3) is 0 Å². The van der Waals surface area contributed by atoms with Crippen LogP contribution < -0.4 is 15.8 Å². The van der Waals surface area contributed by atoms with Crippen LogP contribution in [0.15, 0.2) is 79.4 Å². The number of aldehydes is 1. The number of carbonyl (C=O) groups excluding carboxylic acids is 1. The Hall–Kier alpha value is -4.26. The van der Waals surface area contributed by atoms with Crippen molar-refractivity contribution < 1.29 is 9.53 Å². The van der Waals surface area contributed by atoms with Gasteiger partial charge in [-0.15, -0.1) is 0 Å². The number of carbonyl (C=O) groups is 1. The van der Waals surface area contributed by atoms with Crippen molar-refractivity contribution in [2.75, 3.05) is 58.4 Å². The van der Waals surface area contributed by atoms with Crippen molar-refractivity contribution in [1.82, 2.24) is 19.8 Å². The van der Waals surface area contributed by atoms with Gasteiger partial charge in [0.15, 0.2) is 6.29 Å². The minimum absolute atomic E-state index is 0.197. The topological polar surface area (TPSA) is 120 Å². The zero-order valence-corrected chi connectivity index (χ0v) is 23.8. The summed E-state index contributed by atoms with van der Waals surface area (Å²) >= 11 is 0. The van der Waals surface area contributed by atoms with E-state index >= 15 is 0 Å². The number of allylic oxidation sites excluding steroid dienone is 4. The van der Waals surface area contributed by atoms with Gasteiger partial charge in [0.05, 0.1) is 11.1 Å². The van der Waals surface area contributed by atoms with E-state index in [0.29, 0.717) is 41.8 Å². The van der Waals surface area contributed by atoms with Crippen LogP contribution in [0.2, 0.25) is 0 Å². The van der Waals surface area contributed by atoms with Crippen molar-refractivity contribution in [3.8, 4) is 22.9 Å². The Morgan fingerprint density at radius 1 is 1.23 bits per heavy atom. The van der Waals surface area contributed by atoms with E-state index in [1.165, 1.54) is 6.33 Å². The lowest BCUT2D eigenvalue weighted by molar-refractivity contribution is -0.104. The average Bonchev–Trinajstić information content (AvgIpc) is 2.95. The predicted molar refractivity (Wildman–Crippen MR) is 163 cm³/mol. The molecular formula is C31H41N7O2. The third kappa shape index (κ3) is 10.8. The zero-order valence-electron chi connectivity index (χ0n) is 23.8. The molecule has 9 nitrogen and oxygen atoms in total. The molecule has 0 saturated carbocycles. The molecular weight excluding hydrogens is 502 g/mol. The van der Waals surface area contributed by atoms with Crippen molar-refractivity contribution in [3.05, 3.63) is 79.4 Å². The summed E-state index contributed by atoms with van der Waals surface area (Å²) in [5.41, 5.74) is 8.10. The van der Waals surface area contributed by atoms with Crippen molar-refractivity contribution in [1.29, 1.82) is 5.26 Å². The number of likely N-dealkylation sites (tertiary alicyclic amines) is 1. The van der Waals surface area contributed by atoms with E-state index < -0.39 is 0 Å². The van der Waals surface area contributed by atoms with Crippen molar-refractivity contribution >= 4 is 17.9 Å². The van der Waals surface area contributed by atoms with Crippen molar-refractivity contribution in [2.45, 2.75) is 19.3 Å². The van der Waals surface area contributed by atoms with Crippen LogP contribution in [0.3, 0.4) is 0 Å². The Balaban J connectivity index is 0.00000131. The first-order valence-corrected chi connectivity index (χ1v) is 13.3. The largest absolute Gasteiger partial charge is 0.457 e. The van der Waals surface area contributed by atoms with E-state index in [1.54, 1.807) is 24.3 Å². The molecule has 0 aliphatic carbocycles. The van der Waals surface area contributed by atoms with Gasteiger partial charge in [-0.05, 0) is 89.3 Å². The first-order valence-electron chi connectivity index (χ1n) is 13.3. The van der Waals surface area contributed by atoms with E-state index in [4.69, 9.17) is 15.7 Å². The van der Waals surface area contributed by atoms with E-state index in [2.05, 4.69) is 33.3 Å². The van der Waals surface area contributed by atoms with Crippen LogP contribution in [0.25, 0.3) is 11.1 Å². The number of benzene rings is 1. The molecule has 1 aromatic carbocycles. The number of rotatable bonds is 12. The highest BCUT2D eigenvalue weighted by molar-refractivity contribution is 5.83. The number of nitrogens with zero attached hydrogens (tertiary/aromatic N) is 5. The lowest BCUT2D eigenvalue weighted by atomic mass is 9.96. The molecule has 0 spiro atoms. The molecule has 2 heterocycles. The number of ether oxygens (including phenoxy) is 1. The molecule has 1 saturated heterocycles. The molecule has 0 atom stereocenters. The van der Waals surface area contributed by atoms with Gasteiger partial charge < -0.3 is 25.6 Å². The smallest absolute Gasteiger partial charge is 0.160 e. The van der Waals surface area contributed by atoms with Crippen LogP contribution in [-0.4, -0.2) is 73.4 Å². The molecule has 0 unspecified atom stereocenters. The summed E-state index contributed by atoms with van der Waals surface area (Å²) in [6.45, 7) is 11.0. The third-order valence-corrected chi connectivity index (χ3v) is 6.07. The highest BCUT2D eigenvalue weighted by atomic mass is 16.5. The molecule has 9 heteroatoms. The van der Waals surface area contributed by atoms with Crippen LogP contribution in [0.5, 0.6) is 5.75 Å². The summed E-state index contributed by atoms with van der Waals surface area (Å²) in [7, 11) is 6.00. The fraction of sp³-hybridized carbons (Fsp3) is 0.355. The van der Waals surface area contributed by atoms with Gasteiger partial charge in [-0.25, -0.2) is 9.97 Å². The second-order valence-corrected chi connectivity index (χ2v) is 9.80. The maximum Gasteiger partial charge on any atom is 0.160 e. The normalized spacial score (nSPS) is 14.5. The number of hydrogen-bond acceptors (Lipinski definition) is 9. The molecule has 2 aromatic rings. The summed E-state index contributed by atoms with van der Waals surface area (Å²) in [6.07, 6.45) is 11.6. The first kappa shape index (κ1) is 32.0. The van der Waals surface area contributed by atoms with Crippen molar-refractivity contribution in [3.63, 3.8) is 0 Å². The summed E-state index contributed by atoms with van der Waals surface area (Å²) < 4.78 is 5.80. The fourth-order valence-corrected chi connectivity index (χ4v) is 4.08. The first-order chi connectivity index (χ1) is 19.3. The summed E-state index contributed by atoms with van der Waals surface area (Å²) in [5.74, 6) is 2.91. The monoisotopic (exact) mass is 543 g/mol. The summed E-state index contributed by atoms with van der Waals surface area (Å²) in [6, 6.07) is 9.49. The van der Waals surface area contributed by atoms with E-state index in [0.717, 1.165) is 50.1 Å². The number of nitrogens with two attached hydrogens (primary N) is 1. The lowest BCUT2D eigenvalue weighted by Gasteiger charge is -2.32. The number of aromatic nitrogens is 2. The molecule has 3 N–H and O–H groups in total. The number of anilines is 2. The van der Waals surface area contributed by atoms with Crippen LogP contribution >= 0.6 is 0 Å². The maximum atomic E-state index is 10.7. The third-order valence-electron chi connectivity index (χ3n) is 6.07. The second kappa shape index (κ2) is 17.4. The molecule has 212 valence electrons. The standard InChI is InChI=1S/C28H32N6O2.C3H9N/c1-3-6-24(4-2)36-25-10-8-23(9-11-25)26-27(30)32-20-33-28(26)31-18-21-12-15-34(16-13-21)14-5-7-22(17-29)19-35;1-4(2)3/h3-4,6-11,19-21H,1-2,5,12-16,18H2,(H3,30,31,32,33);1-3H3/b22-7-,24-6+;. The zero-order chi connectivity index (χ0) is 29.3. The fourth-order valence-electron chi connectivity index (χ4n) is 4.08. The Labute approximate surface area is 238 Å². The molecule has 0 radical (unpaired) electrons. The van der Waals surface area contributed by atoms with E-state index in [1.807, 2.05) is 56.4 Å². The van der Waals surface area contributed by atoms with Gasteiger partial charge in [-0.1, -0.05) is 37.4 Å². The van der Waals surface area contributed by atoms with Gasteiger partial charge in [0, 0.05) is 13.1 Å². The minimum atomic E-state index is 0.197. The van der Waals surface area contributed by atoms with Gasteiger partial charge in [-0.2, -0.15) is 5.26 Å². The van der Waals surface area contributed by atoms with Gasteiger partial charge in [0.2, 0.25) is 0 Å². The highest BCUT2D eigenvalue weighted by Gasteiger charge is 2.20. The molecule has 3 rings (SSSR count). The van der Waals surface area contributed by atoms with Crippen LogP contribution in [0.1, 0.15) is 19.3 Å². The quantitative estimate of drug-likeness (QED) is 0.129. The maximum absolute atomic E-state index is 10.7. The lowest BCUT2D eigenvalue weighted by Crippen LogP contribution is -2.36. The van der Waals surface area contributed by atoms with E-state index in [-0.39, 0.29) is 5.57 Å². The number of nitriles is 1. The van der Waals surface area contributed by atoms with Gasteiger partial charge in [0.1, 0.15) is 35.5 Å². The number of piperidine rings is 1. The Kier molecular flexibility index (Phi) is 13.9. The molecule has 1 aliphatic heterocycles. The predicted octanol–water partition coefficient (Wildman–Crippen LogP) is 4.70. The summed E-state index contributed by atoms with van der Waals surface area (Å²) in [5, 5.41) is 12.3. The Morgan fingerprint density at radius 3 is 2.48 bits per heavy atom. The molecule has 1 aromatic heterocycles. The number of nitrogens with one attached hydrogen (secondary N) is 1. The summed E-state index contributed by atoms with van der Waals surface area (Å²) in [4.78, 5) is 23.7. The van der Waals surface area contributed by atoms with Crippen LogP contribution in [0, 0.1) is 17.2 Å². The molecule has 1 aliphatic rings. The van der Waals surface area contributed by atoms with Crippen LogP contribution in [-0.2, 0) is 4.79 Å². The molecule has 0 amide bonds. The van der Waals surface area contributed by atoms with Crippen LogP contribution in [0.4, 0.5) is 11.6 Å². The highest BCUT2D eigenvalue weighted by Crippen LogP contribution is 2.32. The van der Waals surface area contributed by atoms with Crippen molar-refractivity contribution in [2.24, 2.45) is 5.92 Å². The molecule has 40 heavy (non-hydrogen) atoms. The average molecular weight is 544 g/mol. The van der Waals surface area contributed by atoms with Gasteiger partial charge in [-0.3, -0.25) is 4.79 Å². The Morgan fingerprint density at radius 2 is 1.90 bits per heavy atom. The molecule has 1 fully saturated rings. The second-order valence-electron chi connectivity index (χ2n) is 9.80. The Bertz CT molecular complexity index is 1200. The molecule has 0 bridgehead atoms. The van der Waals surface area contributed by atoms with Gasteiger partial charge >= 0.3 is 0 Å².